The summed E-state index contributed by atoms with van der Waals surface area (Å²) in [7, 11) is 0. The van der Waals surface area contributed by atoms with Crippen molar-refractivity contribution in [1.29, 1.82) is 0 Å². The van der Waals surface area contributed by atoms with Gasteiger partial charge in [-0.3, -0.25) is 9.59 Å². The molecule has 2 heterocycles. The second-order valence-corrected chi connectivity index (χ2v) is 7.83. The van der Waals surface area contributed by atoms with Gasteiger partial charge in [-0.1, -0.05) is 30.3 Å². The molecule has 6 nitrogen and oxygen atoms in total. The van der Waals surface area contributed by atoms with Gasteiger partial charge in [0.2, 0.25) is 5.91 Å². The Morgan fingerprint density at radius 1 is 1.03 bits per heavy atom. The highest BCUT2D eigenvalue weighted by Crippen LogP contribution is 2.34. The van der Waals surface area contributed by atoms with Crippen LogP contribution in [0.5, 0.6) is 11.5 Å². The molecule has 0 unspecified atom stereocenters. The zero-order chi connectivity index (χ0) is 20.9. The van der Waals surface area contributed by atoms with Crippen LogP contribution in [-0.4, -0.2) is 49.1 Å². The first-order chi connectivity index (χ1) is 14.6. The Balaban J connectivity index is 1.44. The summed E-state index contributed by atoms with van der Waals surface area (Å²) in [6.07, 6.45) is 2.76. The van der Waals surface area contributed by atoms with E-state index >= 15 is 0 Å². The minimum absolute atomic E-state index is 0.0295. The van der Waals surface area contributed by atoms with E-state index < -0.39 is 6.10 Å². The van der Waals surface area contributed by atoms with Gasteiger partial charge in [-0.2, -0.15) is 0 Å². The van der Waals surface area contributed by atoms with Gasteiger partial charge in [0.1, 0.15) is 11.5 Å². The predicted molar refractivity (Wildman–Crippen MR) is 115 cm³/mol. The minimum atomic E-state index is -0.667. The van der Waals surface area contributed by atoms with Crippen LogP contribution in [0.15, 0.2) is 48.5 Å². The number of hydrogen-bond donors (Lipinski definition) is 0. The van der Waals surface area contributed by atoms with Gasteiger partial charge in [0.25, 0.3) is 5.91 Å². The molecule has 0 bridgehead atoms. The fourth-order valence-electron chi connectivity index (χ4n) is 4.02. The maximum atomic E-state index is 13.0. The third-order valence-electron chi connectivity index (χ3n) is 5.68. The van der Waals surface area contributed by atoms with E-state index in [1.54, 1.807) is 4.90 Å². The van der Waals surface area contributed by atoms with Crippen LogP contribution in [0, 0.1) is 6.92 Å². The van der Waals surface area contributed by atoms with Crippen LogP contribution in [0.2, 0.25) is 0 Å². The topological polar surface area (TPSA) is 59.1 Å². The Morgan fingerprint density at radius 2 is 1.77 bits per heavy atom. The van der Waals surface area contributed by atoms with Gasteiger partial charge in [0, 0.05) is 13.1 Å². The van der Waals surface area contributed by atoms with E-state index in [1.807, 2.05) is 60.4 Å². The molecule has 30 heavy (non-hydrogen) atoms. The summed E-state index contributed by atoms with van der Waals surface area (Å²) in [5.74, 6) is 1.26. The van der Waals surface area contributed by atoms with Crippen molar-refractivity contribution in [3.8, 4) is 11.5 Å². The SMILES string of the molecule is Cc1ccccc1OCCC(=O)N1C[C@H](C(=O)N2CCCCC2)Oc2ccccc21. The standard InChI is InChI=1S/C24H28N2O4/c1-18-9-3-5-11-20(18)29-16-13-23(27)26-17-22(24(28)25-14-7-2-8-15-25)30-21-12-6-4-10-19(21)26/h3-6,9-12,22H,2,7-8,13-17H2,1H3/t22-/m1/s1. The number of carbonyl (C=O) groups is 2. The van der Waals surface area contributed by atoms with Crippen LogP contribution in [0.4, 0.5) is 5.69 Å². The quantitative estimate of drug-likeness (QED) is 0.759. The number of hydrogen-bond acceptors (Lipinski definition) is 4. The third kappa shape index (κ3) is 4.42. The summed E-state index contributed by atoms with van der Waals surface area (Å²) in [6, 6.07) is 15.2. The van der Waals surface area contributed by atoms with Gasteiger partial charge in [0.05, 0.1) is 25.3 Å². The second-order valence-electron chi connectivity index (χ2n) is 7.83. The second kappa shape index (κ2) is 9.20. The molecule has 4 rings (SSSR count). The van der Waals surface area contributed by atoms with E-state index in [0.717, 1.165) is 43.7 Å². The first-order valence-corrected chi connectivity index (χ1v) is 10.7. The molecule has 0 aliphatic carbocycles. The summed E-state index contributed by atoms with van der Waals surface area (Å²) >= 11 is 0. The maximum Gasteiger partial charge on any atom is 0.265 e. The molecule has 2 aliphatic rings. The first kappa shape index (κ1) is 20.3. The normalized spacial score (nSPS) is 18.4. The molecule has 0 spiro atoms. The fourth-order valence-corrected chi connectivity index (χ4v) is 4.02. The zero-order valence-electron chi connectivity index (χ0n) is 17.4. The molecular formula is C24H28N2O4. The van der Waals surface area contributed by atoms with Crippen molar-refractivity contribution in [1.82, 2.24) is 4.90 Å². The molecule has 158 valence electrons. The lowest BCUT2D eigenvalue weighted by atomic mass is 10.1. The van der Waals surface area contributed by atoms with Gasteiger partial charge in [-0.25, -0.2) is 0 Å². The molecule has 2 aliphatic heterocycles. The minimum Gasteiger partial charge on any atom is -0.493 e. The molecule has 2 aromatic rings. The van der Waals surface area contributed by atoms with Crippen molar-refractivity contribution in [3.63, 3.8) is 0 Å². The van der Waals surface area contributed by atoms with E-state index in [0.29, 0.717) is 11.4 Å². The number of aryl methyl sites for hydroxylation is 1. The molecule has 0 saturated carbocycles. The molecule has 0 radical (unpaired) electrons. The van der Waals surface area contributed by atoms with Crippen LogP contribution in [0.25, 0.3) is 0 Å². The Kier molecular flexibility index (Phi) is 6.21. The zero-order valence-corrected chi connectivity index (χ0v) is 17.4. The average molecular weight is 408 g/mol. The molecule has 1 saturated heterocycles. The highest BCUT2D eigenvalue weighted by molar-refractivity contribution is 5.97. The highest BCUT2D eigenvalue weighted by Gasteiger charge is 2.36. The van der Waals surface area contributed by atoms with Crippen LogP contribution in [0.3, 0.4) is 0 Å². The summed E-state index contributed by atoms with van der Waals surface area (Å²) in [5, 5.41) is 0. The van der Waals surface area contributed by atoms with Crippen LogP contribution in [0.1, 0.15) is 31.2 Å². The molecule has 6 heteroatoms. The Morgan fingerprint density at radius 3 is 2.57 bits per heavy atom. The van der Waals surface area contributed by atoms with Crippen molar-refractivity contribution in [2.24, 2.45) is 0 Å². The largest absolute Gasteiger partial charge is 0.493 e. The van der Waals surface area contributed by atoms with Crippen molar-refractivity contribution >= 4 is 17.5 Å². The maximum absolute atomic E-state index is 13.0. The molecule has 1 fully saturated rings. The third-order valence-corrected chi connectivity index (χ3v) is 5.68. The molecule has 2 aromatic carbocycles. The Labute approximate surface area is 177 Å². The predicted octanol–water partition coefficient (Wildman–Crippen LogP) is 3.57. The molecular weight excluding hydrogens is 380 g/mol. The van der Waals surface area contributed by atoms with E-state index in [1.165, 1.54) is 0 Å². The molecule has 1 atom stereocenters. The van der Waals surface area contributed by atoms with Crippen molar-refractivity contribution in [3.05, 3.63) is 54.1 Å². The van der Waals surface area contributed by atoms with E-state index in [4.69, 9.17) is 9.47 Å². The lowest BCUT2D eigenvalue weighted by Gasteiger charge is -2.37. The fraction of sp³-hybridized carbons (Fsp3) is 0.417. The monoisotopic (exact) mass is 408 g/mol. The highest BCUT2D eigenvalue weighted by atomic mass is 16.5. The number of ether oxygens (including phenoxy) is 2. The number of nitrogens with zero attached hydrogens (tertiary/aromatic N) is 2. The van der Waals surface area contributed by atoms with Gasteiger partial charge < -0.3 is 19.3 Å². The first-order valence-electron chi connectivity index (χ1n) is 10.7. The van der Waals surface area contributed by atoms with Gasteiger partial charge in [-0.15, -0.1) is 0 Å². The summed E-state index contributed by atoms with van der Waals surface area (Å²) in [5.41, 5.74) is 1.75. The molecule has 0 N–H and O–H groups in total. The number of fused-ring (bicyclic) bond motifs is 1. The summed E-state index contributed by atoms with van der Waals surface area (Å²) in [4.78, 5) is 29.6. The van der Waals surface area contributed by atoms with Gasteiger partial charge >= 0.3 is 0 Å². The average Bonchev–Trinajstić information content (AvgIpc) is 2.79. The number of amides is 2. The number of likely N-dealkylation sites (tertiary alicyclic amines) is 1. The van der Waals surface area contributed by atoms with E-state index in [2.05, 4.69) is 0 Å². The van der Waals surface area contributed by atoms with Gasteiger partial charge in [-0.05, 0) is 49.9 Å². The van der Waals surface area contributed by atoms with Crippen LogP contribution in [-0.2, 0) is 9.59 Å². The van der Waals surface area contributed by atoms with Crippen LogP contribution < -0.4 is 14.4 Å². The number of para-hydroxylation sites is 3. The number of rotatable bonds is 5. The number of carbonyl (C=O) groups excluding carboxylic acids is 2. The number of anilines is 1. The van der Waals surface area contributed by atoms with Crippen molar-refractivity contribution in [2.75, 3.05) is 31.1 Å². The Hall–Kier alpha value is -3.02. The Bertz CT molecular complexity index is 908. The van der Waals surface area contributed by atoms with Gasteiger partial charge in [0.15, 0.2) is 6.10 Å². The van der Waals surface area contributed by atoms with Crippen LogP contribution >= 0.6 is 0 Å². The molecule has 2 amide bonds. The number of benzene rings is 2. The van der Waals surface area contributed by atoms with E-state index in [-0.39, 0.29) is 31.4 Å². The summed E-state index contributed by atoms with van der Waals surface area (Å²) in [6.45, 7) is 4.02. The lowest BCUT2D eigenvalue weighted by molar-refractivity contribution is -0.139. The van der Waals surface area contributed by atoms with E-state index in [9.17, 15) is 9.59 Å². The lowest BCUT2D eigenvalue weighted by Crippen LogP contribution is -2.53. The smallest absolute Gasteiger partial charge is 0.265 e. The number of piperidine rings is 1. The van der Waals surface area contributed by atoms with Crippen molar-refractivity contribution < 1.29 is 19.1 Å². The van der Waals surface area contributed by atoms with Crippen molar-refractivity contribution in [2.45, 2.75) is 38.7 Å². The molecule has 0 aromatic heterocycles. The summed E-state index contributed by atoms with van der Waals surface area (Å²) < 4.78 is 11.8.